The van der Waals surface area contributed by atoms with Crippen LogP contribution in [-0.4, -0.2) is 47.5 Å². The Kier molecular flexibility index (Phi) is 4.28. The van der Waals surface area contributed by atoms with Crippen LogP contribution in [0.3, 0.4) is 0 Å². The van der Waals surface area contributed by atoms with Gasteiger partial charge in [0.1, 0.15) is 11.3 Å². The summed E-state index contributed by atoms with van der Waals surface area (Å²) >= 11 is 0. The summed E-state index contributed by atoms with van der Waals surface area (Å²) in [5.41, 5.74) is -0.486. The molecule has 0 spiro atoms. The van der Waals surface area contributed by atoms with Gasteiger partial charge in [-0.25, -0.2) is 0 Å². The number of phenolic OH excluding ortho intramolecular Hbond substituents is 1. The van der Waals surface area contributed by atoms with E-state index in [4.69, 9.17) is 4.74 Å². The van der Waals surface area contributed by atoms with Crippen molar-refractivity contribution < 1.29 is 24.2 Å². The van der Waals surface area contributed by atoms with Gasteiger partial charge in [-0.15, -0.1) is 0 Å². The second-order valence-electron chi connectivity index (χ2n) is 6.67. The third-order valence-corrected chi connectivity index (χ3v) is 5.32. The number of aromatic hydroxyl groups is 1. The summed E-state index contributed by atoms with van der Waals surface area (Å²) in [7, 11) is 2.74. The Balaban J connectivity index is 2.13. The molecule has 0 saturated carbocycles. The topological polar surface area (TPSA) is 95.9 Å². The minimum atomic E-state index is -1.23. The molecule has 2 heterocycles. The normalized spacial score (nSPS) is 31.3. The molecule has 2 amide bonds. The maximum Gasteiger partial charge on any atom is 0.326 e. The number of likely N-dealkylation sites (tertiary alicyclic amines) is 1. The lowest BCUT2D eigenvalue weighted by Crippen LogP contribution is -2.56. The van der Waals surface area contributed by atoms with Crippen molar-refractivity contribution in [3.05, 3.63) is 29.8 Å². The van der Waals surface area contributed by atoms with Crippen molar-refractivity contribution in [3.63, 3.8) is 0 Å². The van der Waals surface area contributed by atoms with Gasteiger partial charge >= 0.3 is 5.97 Å². The van der Waals surface area contributed by atoms with Crippen molar-refractivity contribution in [2.24, 2.45) is 11.8 Å². The van der Waals surface area contributed by atoms with Crippen molar-refractivity contribution in [1.29, 1.82) is 0 Å². The summed E-state index contributed by atoms with van der Waals surface area (Å²) in [6.07, 6.45) is 1.04. The first kappa shape index (κ1) is 17.4. The van der Waals surface area contributed by atoms with Crippen LogP contribution < -0.4 is 5.32 Å². The number of carbonyl (C=O) groups is 3. The number of hydrogen-bond acceptors (Lipinski definition) is 6. The molecule has 2 fully saturated rings. The maximum absolute atomic E-state index is 12.8. The predicted octanol–water partition coefficient (Wildman–Crippen LogP) is 0.979. The summed E-state index contributed by atoms with van der Waals surface area (Å²) in [4.78, 5) is 39.2. The smallest absolute Gasteiger partial charge is 0.326 e. The van der Waals surface area contributed by atoms with Crippen LogP contribution >= 0.6 is 0 Å². The van der Waals surface area contributed by atoms with Crippen molar-refractivity contribution in [1.82, 2.24) is 10.2 Å². The average molecular weight is 346 g/mol. The lowest BCUT2D eigenvalue weighted by Gasteiger charge is -2.31. The molecule has 0 bridgehead atoms. The third kappa shape index (κ3) is 2.41. The molecule has 3 rings (SSSR count). The van der Waals surface area contributed by atoms with E-state index in [1.54, 1.807) is 12.1 Å². The summed E-state index contributed by atoms with van der Waals surface area (Å²) in [6.45, 7) is 1.92. The van der Waals surface area contributed by atoms with E-state index in [-0.39, 0.29) is 17.6 Å². The number of amides is 2. The zero-order valence-corrected chi connectivity index (χ0v) is 14.5. The third-order valence-electron chi connectivity index (χ3n) is 5.32. The SMILES string of the molecule is CCC[C@]1(C(=O)OC)N[C@@H](c2ccc(O)cc2)[C@H]2C(=O)N(C)C(=O)[C@@H]21. The van der Waals surface area contributed by atoms with Crippen LogP contribution in [-0.2, 0) is 19.1 Å². The first-order valence-electron chi connectivity index (χ1n) is 8.33. The molecule has 0 radical (unpaired) electrons. The van der Waals surface area contributed by atoms with E-state index in [1.165, 1.54) is 26.3 Å². The molecule has 2 saturated heterocycles. The van der Waals surface area contributed by atoms with Crippen LogP contribution in [0.1, 0.15) is 31.4 Å². The molecule has 25 heavy (non-hydrogen) atoms. The van der Waals surface area contributed by atoms with Gasteiger partial charge in [0.15, 0.2) is 0 Å². The largest absolute Gasteiger partial charge is 0.508 e. The number of ether oxygens (including phenoxy) is 1. The quantitative estimate of drug-likeness (QED) is 0.623. The van der Waals surface area contributed by atoms with Crippen LogP contribution in [0.25, 0.3) is 0 Å². The standard InChI is InChI=1S/C18H22N2O5/c1-4-9-18(17(24)25-3)13-12(15(22)20(2)16(13)23)14(19-18)10-5-7-11(21)8-6-10/h5-8,12-14,19,21H,4,9H2,1-3H3/t12-,13+,14-,18-/m0/s1. The number of nitrogens with one attached hydrogen (secondary N) is 1. The second kappa shape index (κ2) is 6.15. The monoisotopic (exact) mass is 346 g/mol. The van der Waals surface area contributed by atoms with Crippen molar-refractivity contribution >= 4 is 17.8 Å². The number of rotatable bonds is 4. The Morgan fingerprint density at radius 1 is 1.28 bits per heavy atom. The van der Waals surface area contributed by atoms with Gasteiger partial charge in [0.2, 0.25) is 11.8 Å². The van der Waals surface area contributed by atoms with Crippen molar-refractivity contribution in [2.45, 2.75) is 31.3 Å². The Hall–Kier alpha value is -2.41. The van der Waals surface area contributed by atoms with Gasteiger partial charge in [-0.1, -0.05) is 25.5 Å². The Bertz CT molecular complexity index is 717. The molecule has 1 aromatic rings. The van der Waals surface area contributed by atoms with Crippen LogP contribution in [0.5, 0.6) is 5.75 Å². The minimum Gasteiger partial charge on any atom is -0.508 e. The summed E-state index contributed by atoms with van der Waals surface area (Å²) < 4.78 is 5.00. The molecular weight excluding hydrogens is 324 g/mol. The lowest BCUT2D eigenvalue weighted by molar-refractivity contribution is -0.154. The molecule has 2 N–H and O–H groups in total. The number of esters is 1. The Morgan fingerprint density at radius 2 is 1.92 bits per heavy atom. The Labute approximate surface area is 146 Å². The maximum atomic E-state index is 12.8. The molecule has 4 atom stereocenters. The van der Waals surface area contributed by atoms with Gasteiger partial charge in [0.25, 0.3) is 0 Å². The Morgan fingerprint density at radius 3 is 2.48 bits per heavy atom. The van der Waals surface area contributed by atoms with Gasteiger partial charge < -0.3 is 9.84 Å². The van der Waals surface area contributed by atoms with Gasteiger partial charge in [-0.05, 0) is 24.1 Å². The molecular formula is C18H22N2O5. The van der Waals surface area contributed by atoms with Crippen LogP contribution in [0.15, 0.2) is 24.3 Å². The highest BCUT2D eigenvalue weighted by Crippen LogP contribution is 2.50. The summed E-state index contributed by atoms with van der Waals surface area (Å²) in [6, 6.07) is 5.93. The number of carbonyl (C=O) groups excluding carboxylic acids is 3. The highest BCUT2D eigenvalue weighted by atomic mass is 16.5. The molecule has 2 aliphatic heterocycles. The van der Waals surface area contributed by atoms with E-state index >= 15 is 0 Å². The fourth-order valence-corrected chi connectivity index (χ4v) is 4.21. The molecule has 7 heteroatoms. The minimum absolute atomic E-state index is 0.108. The average Bonchev–Trinajstić information content (AvgIpc) is 3.06. The zero-order valence-electron chi connectivity index (χ0n) is 14.5. The molecule has 0 unspecified atom stereocenters. The number of fused-ring (bicyclic) bond motifs is 1. The van der Waals surface area contributed by atoms with Crippen LogP contribution in [0.4, 0.5) is 0 Å². The molecule has 2 aliphatic rings. The fraction of sp³-hybridized carbons (Fsp3) is 0.500. The fourth-order valence-electron chi connectivity index (χ4n) is 4.21. The van der Waals surface area contributed by atoms with E-state index in [9.17, 15) is 19.5 Å². The van der Waals surface area contributed by atoms with E-state index in [0.29, 0.717) is 12.8 Å². The molecule has 7 nitrogen and oxygen atoms in total. The number of phenols is 1. The van der Waals surface area contributed by atoms with E-state index in [0.717, 1.165) is 10.5 Å². The first-order chi connectivity index (χ1) is 11.9. The number of methoxy groups -OCH3 is 1. The summed E-state index contributed by atoms with van der Waals surface area (Å²) in [5, 5.41) is 12.8. The molecule has 134 valence electrons. The van der Waals surface area contributed by atoms with Gasteiger partial charge in [0.05, 0.1) is 18.9 Å². The second-order valence-corrected chi connectivity index (χ2v) is 6.67. The van der Waals surface area contributed by atoms with E-state index in [2.05, 4.69) is 5.32 Å². The highest BCUT2D eigenvalue weighted by Gasteiger charge is 2.67. The predicted molar refractivity (Wildman–Crippen MR) is 88.4 cm³/mol. The molecule has 0 aromatic heterocycles. The van der Waals surface area contributed by atoms with Crippen molar-refractivity contribution in [3.8, 4) is 5.75 Å². The van der Waals surface area contributed by atoms with Crippen molar-refractivity contribution in [2.75, 3.05) is 14.2 Å². The number of imide groups is 1. The van der Waals surface area contributed by atoms with E-state index in [1.807, 2.05) is 6.92 Å². The number of nitrogens with zero attached hydrogens (tertiary/aromatic N) is 1. The van der Waals surface area contributed by atoms with E-state index < -0.39 is 29.4 Å². The lowest BCUT2D eigenvalue weighted by atomic mass is 9.77. The van der Waals surface area contributed by atoms with Gasteiger partial charge in [0, 0.05) is 13.1 Å². The number of benzene rings is 1. The number of hydrogen-bond donors (Lipinski definition) is 2. The van der Waals surface area contributed by atoms with Gasteiger partial charge in [-0.3, -0.25) is 24.6 Å². The first-order valence-corrected chi connectivity index (χ1v) is 8.33. The van der Waals surface area contributed by atoms with Crippen LogP contribution in [0, 0.1) is 11.8 Å². The summed E-state index contributed by atoms with van der Waals surface area (Å²) in [5.74, 6) is -2.55. The molecule has 0 aliphatic carbocycles. The molecule has 1 aromatic carbocycles. The van der Waals surface area contributed by atoms with Gasteiger partial charge in [-0.2, -0.15) is 0 Å². The zero-order chi connectivity index (χ0) is 18.4. The highest BCUT2D eigenvalue weighted by molar-refractivity contribution is 6.09. The van der Waals surface area contributed by atoms with Crippen LogP contribution in [0.2, 0.25) is 0 Å².